The number of amides is 1. The van der Waals surface area contributed by atoms with Gasteiger partial charge in [-0.2, -0.15) is 0 Å². The van der Waals surface area contributed by atoms with E-state index in [1.807, 2.05) is 0 Å². The fraction of sp³-hybridized carbons (Fsp3) is 0.500. The molecule has 7 heteroatoms. The van der Waals surface area contributed by atoms with E-state index in [0.717, 1.165) is 0 Å². The zero-order valence-electron chi connectivity index (χ0n) is 9.84. The van der Waals surface area contributed by atoms with Gasteiger partial charge in [0, 0.05) is 20.8 Å². The standard InChI is InChI=1S/C10H16N4O3/c1-16-6-7(17-2)3-14-10(15)8-4-13-9(11)5-12-8/h4-5,7H,3,6H2,1-2H3,(H2,11,13)(H,14,15). The van der Waals surface area contributed by atoms with Crippen molar-refractivity contribution in [1.82, 2.24) is 15.3 Å². The maximum atomic E-state index is 11.6. The Morgan fingerprint density at radius 3 is 2.76 bits per heavy atom. The van der Waals surface area contributed by atoms with Gasteiger partial charge in [-0.3, -0.25) is 4.79 Å². The molecule has 94 valence electrons. The number of hydrogen-bond acceptors (Lipinski definition) is 6. The van der Waals surface area contributed by atoms with E-state index in [-0.39, 0.29) is 23.5 Å². The number of nitrogen functional groups attached to an aromatic ring is 1. The van der Waals surface area contributed by atoms with Crippen LogP contribution in [-0.2, 0) is 9.47 Å². The molecule has 1 unspecified atom stereocenters. The Balaban J connectivity index is 2.46. The molecule has 1 aromatic rings. The van der Waals surface area contributed by atoms with E-state index < -0.39 is 0 Å². The molecule has 0 aromatic carbocycles. The highest BCUT2D eigenvalue weighted by molar-refractivity contribution is 5.91. The third-order valence-corrected chi connectivity index (χ3v) is 2.08. The van der Waals surface area contributed by atoms with Gasteiger partial charge in [0.05, 0.1) is 25.1 Å². The molecule has 0 spiro atoms. The van der Waals surface area contributed by atoms with Gasteiger partial charge in [-0.25, -0.2) is 9.97 Å². The summed E-state index contributed by atoms with van der Waals surface area (Å²) in [5.41, 5.74) is 5.58. The highest BCUT2D eigenvalue weighted by Gasteiger charge is 2.11. The van der Waals surface area contributed by atoms with Gasteiger partial charge in [-0.1, -0.05) is 0 Å². The molecule has 1 rings (SSSR count). The van der Waals surface area contributed by atoms with Crippen LogP contribution in [0.5, 0.6) is 0 Å². The maximum Gasteiger partial charge on any atom is 0.271 e. The first kappa shape index (κ1) is 13.3. The predicted octanol–water partition coefficient (Wildman–Crippen LogP) is -0.550. The predicted molar refractivity (Wildman–Crippen MR) is 61.5 cm³/mol. The van der Waals surface area contributed by atoms with Crippen LogP contribution in [0.15, 0.2) is 12.4 Å². The van der Waals surface area contributed by atoms with Crippen LogP contribution < -0.4 is 11.1 Å². The molecule has 7 nitrogen and oxygen atoms in total. The van der Waals surface area contributed by atoms with Crippen molar-refractivity contribution >= 4 is 11.7 Å². The smallest absolute Gasteiger partial charge is 0.271 e. The van der Waals surface area contributed by atoms with Crippen molar-refractivity contribution < 1.29 is 14.3 Å². The lowest BCUT2D eigenvalue weighted by Gasteiger charge is -2.14. The first-order valence-electron chi connectivity index (χ1n) is 5.04. The first-order valence-corrected chi connectivity index (χ1v) is 5.04. The summed E-state index contributed by atoms with van der Waals surface area (Å²) in [6, 6.07) is 0. The summed E-state index contributed by atoms with van der Waals surface area (Å²) >= 11 is 0. The van der Waals surface area contributed by atoms with Crippen molar-refractivity contribution in [2.45, 2.75) is 6.10 Å². The lowest BCUT2D eigenvalue weighted by molar-refractivity contribution is 0.0285. The Bertz CT molecular complexity index is 355. The van der Waals surface area contributed by atoms with Crippen LogP contribution in [0, 0.1) is 0 Å². The van der Waals surface area contributed by atoms with E-state index in [0.29, 0.717) is 13.2 Å². The molecular weight excluding hydrogens is 224 g/mol. The molecule has 17 heavy (non-hydrogen) atoms. The second-order valence-electron chi connectivity index (χ2n) is 3.35. The largest absolute Gasteiger partial charge is 0.382 e. The maximum absolute atomic E-state index is 11.6. The molecule has 0 radical (unpaired) electrons. The number of methoxy groups -OCH3 is 2. The monoisotopic (exact) mass is 240 g/mol. The molecule has 1 aromatic heterocycles. The second kappa shape index (κ2) is 6.77. The molecule has 0 saturated heterocycles. The van der Waals surface area contributed by atoms with Gasteiger partial charge in [0.25, 0.3) is 5.91 Å². The zero-order chi connectivity index (χ0) is 12.7. The minimum absolute atomic E-state index is 0.189. The number of nitrogens with zero attached hydrogens (tertiary/aromatic N) is 2. The molecule has 0 fully saturated rings. The van der Waals surface area contributed by atoms with E-state index in [1.54, 1.807) is 14.2 Å². The third-order valence-electron chi connectivity index (χ3n) is 2.08. The molecule has 0 aliphatic heterocycles. The Hall–Kier alpha value is -1.73. The fourth-order valence-electron chi connectivity index (χ4n) is 1.15. The lowest BCUT2D eigenvalue weighted by Crippen LogP contribution is -2.36. The Labute approximate surface area is 99.3 Å². The number of nitrogens with two attached hydrogens (primary N) is 1. The highest BCUT2D eigenvalue weighted by Crippen LogP contribution is 1.96. The third kappa shape index (κ3) is 4.33. The van der Waals surface area contributed by atoms with Crippen molar-refractivity contribution in [3.05, 3.63) is 18.1 Å². The van der Waals surface area contributed by atoms with E-state index in [1.165, 1.54) is 12.4 Å². The minimum atomic E-state index is -0.323. The number of rotatable bonds is 6. The zero-order valence-corrected chi connectivity index (χ0v) is 9.84. The average molecular weight is 240 g/mol. The van der Waals surface area contributed by atoms with E-state index in [4.69, 9.17) is 15.2 Å². The highest BCUT2D eigenvalue weighted by atomic mass is 16.5. The SMILES string of the molecule is COCC(CNC(=O)c1cnc(N)cn1)OC. The van der Waals surface area contributed by atoms with E-state index in [9.17, 15) is 4.79 Å². The minimum Gasteiger partial charge on any atom is -0.382 e. The van der Waals surface area contributed by atoms with Crippen molar-refractivity contribution in [1.29, 1.82) is 0 Å². The van der Waals surface area contributed by atoms with Gasteiger partial charge in [-0.05, 0) is 0 Å². The second-order valence-corrected chi connectivity index (χ2v) is 3.35. The number of carbonyl (C=O) groups excluding carboxylic acids is 1. The summed E-state index contributed by atoms with van der Waals surface area (Å²) in [6.07, 6.45) is 2.46. The van der Waals surface area contributed by atoms with Crippen molar-refractivity contribution in [3.8, 4) is 0 Å². The number of nitrogens with one attached hydrogen (secondary N) is 1. The van der Waals surface area contributed by atoms with Gasteiger partial charge in [-0.15, -0.1) is 0 Å². The van der Waals surface area contributed by atoms with Gasteiger partial charge >= 0.3 is 0 Å². The number of aromatic nitrogens is 2. The normalized spacial score (nSPS) is 12.1. The summed E-state index contributed by atoms with van der Waals surface area (Å²) < 4.78 is 10.0. The molecule has 0 bridgehead atoms. The molecule has 3 N–H and O–H groups in total. The molecule has 0 aliphatic rings. The molecule has 1 atom stereocenters. The van der Waals surface area contributed by atoms with Crippen LogP contribution in [-0.4, -0.2) is 49.4 Å². The van der Waals surface area contributed by atoms with Crippen LogP contribution >= 0.6 is 0 Å². The topological polar surface area (TPSA) is 99.4 Å². The summed E-state index contributed by atoms with van der Waals surface area (Å²) in [5.74, 6) is -0.0497. The van der Waals surface area contributed by atoms with Crippen molar-refractivity contribution in [2.75, 3.05) is 33.1 Å². The van der Waals surface area contributed by atoms with Crippen LogP contribution in [0.4, 0.5) is 5.82 Å². The quantitative estimate of drug-likeness (QED) is 0.692. The van der Waals surface area contributed by atoms with Gasteiger partial charge < -0.3 is 20.5 Å². The Kier molecular flexibility index (Phi) is 5.31. The van der Waals surface area contributed by atoms with E-state index in [2.05, 4.69) is 15.3 Å². The summed E-state index contributed by atoms with van der Waals surface area (Å²) in [6.45, 7) is 0.749. The van der Waals surface area contributed by atoms with Gasteiger partial charge in [0.2, 0.25) is 0 Å². The van der Waals surface area contributed by atoms with Crippen molar-refractivity contribution in [2.24, 2.45) is 0 Å². The summed E-state index contributed by atoms with van der Waals surface area (Å²) in [7, 11) is 3.12. The van der Waals surface area contributed by atoms with Crippen molar-refractivity contribution in [3.63, 3.8) is 0 Å². The molecule has 0 saturated carbocycles. The molecule has 1 amide bonds. The van der Waals surface area contributed by atoms with E-state index >= 15 is 0 Å². The summed E-state index contributed by atoms with van der Waals surface area (Å²) in [4.78, 5) is 19.3. The van der Waals surface area contributed by atoms with Gasteiger partial charge in [0.1, 0.15) is 11.5 Å². The van der Waals surface area contributed by atoms with Crippen LogP contribution in [0.3, 0.4) is 0 Å². The first-order chi connectivity index (χ1) is 8.17. The molecule has 1 heterocycles. The summed E-state index contributed by atoms with van der Waals surface area (Å²) in [5, 5.41) is 2.67. The Morgan fingerprint density at radius 1 is 1.47 bits per heavy atom. The molecule has 0 aliphatic carbocycles. The molecular formula is C10H16N4O3. The van der Waals surface area contributed by atoms with Crippen LogP contribution in [0.25, 0.3) is 0 Å². The number of ether oxygens (including phenoxy) is 2. The number of carbonyl (C=O) groups is 1. The fourth-order valence-corrected chi connectivity index (χ4v) is 1.15. The average Bonchev–Trinajstić information content (AvgIpc) is 2.35. The van der Waals surface area contributed by atoms with Crippen LogP contribution in [0.1, 0.15) is 10.5 Å². The number of hydrogen-bond donors (Lipinski definition) is 2. The Morgan fingerprint density at radius 2 is 2.24 bits per heavy atom. The van der Waals surface area contributed by atoms with Gasteiger partial charge in [0.15, 0.2) is 0 Å². The number of anilines is 1. The lowest BCUT2D eigenvalue weighted by atomic mass is 10.3. The van der Waals surface area contributed by atoms with Crippen LogP contribution in [0.2, 0.25) is 0 Å².